The minimum atomic E-state index is -0.0219. The topological polar surface area (TPSA) is 38.3 Å². The predicted octanol–water partition coefficient (Wildman–Crippen LogP) is 1.53. The van der Waals surface area contributed by atoms with Gasteiger partial charge in [-0.3, -0.25) is 4.79 Å². The molecule has 1 N–H and O–H groups in total. The van der Waals surface area contributed by atoms with Gasteiger partial charge in [0.25, 0.3) is 0 Å². The molecule has 0 aromatic heterocycles. The van der Waals surface area contributed by atoms with E-state index in [2.05, 4.69) is 11.9 Å². The first-order valence-electron chi connectivity index (χ1n) is 4.15. The molecule has 4 heteroatoms. The Bertz CT molecular complexity index is 182. The molecule has 0 saturated carbocycles. The van der Waals surface area contributed by atoms with E-state index in [4.69, 9.17) is 16.3 Å². The fourth-order valence-corrected chi connectivity index (χ4v) is 0.993. The maximum atomic E-state index is 11.2. The molecule has 1 atom stereocenters. The van der Waals surface area contributed by atoms with E-state index in [1.165, 1.54) is 0 Å². The van der Waals surface area contributed by atoms with Gasteiger partial charge in [-0.15, -0.1) is 0 Å². The van der Waals surface area contributed by atoms with Gasteiger partial charge in [0.15, 0.2) is 0 Å². The molecule has 0 radical (unpaired) electrons. The van der Waals surface area contributed by atoms with Gasteiger partial charge in [-0.25, -0.2) is 0 Å². The molecule has 1 unspecified atom stereocenters. The molecule has 0 aliphatic heterocycles. The highest BCUT2D eigenvalue weighted by atomic mass is 35.5. The molecule has 0 aromatic rings. The molecule has 1 amide bonds. The molecule has 0 aliphatic rings. The molecule has 0 spiro atoms. The largest absolute Gasteiger partial charge is 0.384 e. The number of ether oxygens (including phenoxy) is 1. The van der Waals surface area contributed by atoms with Gasteiger partial charge in [0.2, 0.25) is 5.91 Å². The third-order valence-electron chi connectivity index (χ3n) is 1.46. The molecule has 76 valence electrons. The standard InChI is InChI=1S/C9H16ClNO2/c1-7(6-13-3)4-9(12)11-5-8(2)10/h7H,2,4-6H2,1,3H3,(H,11,12). The number of carbonyl (C=O) groups is 1. The fraction of sp³-hybridized carbons (Fsp3) is 0.667. The van der Waals surface area contributed by atoms with Crippen LogP contribution < -0.4 is 5.32 Å². The third kappa shape index (κ3) is 7.81. The van der Waals surface area contributed by atoms with Gasteiger partial charge in [-0.2, -0.15) is 0 Å². The molecule has 0 saturated heterocycles. The quantitative estimate of drug-likeness (QED) is 0.714. The molecular formula is C9H16ClNO2. The van der Waals surface area contributed by atoms with Crippen molar-refractivity contribution in [2.24, 2.45) is 5.92 Å². The van der Waals surface area contributed by atoms with Crippen molar-refractivity contribution in [3.05, 3.63) is 11.6 Å². The summed E-state index contributed by atoms with van der Waals surface area (Å²) in [6.07, 6.45) is 0.456. The zero-order chi connectivity index (χ0) is 10.3. The number of hydrogen-bond donors (Lipinski definition) is 1. The highest BCUT2D eigenvalue weighted by Gasteiger charge is 2.07. The Kier molecular flexibility index (Phi) is 6.63. The summed E-state index contributed by atoms with van der Waals surface area (Å²) in [4.78, 5) is 11.2. The van der Waals surface area contributed by atoms with E-state index >= 15 is 0 Å². The Labute approximate surface area is 84.1 Å². The molecule has 0 bridgehead atoms. The Balaban J connectivity index is 3.55. The van der Waals surface area contributed by atoms with Gasteiger partial charge in [-0.1, -0.05) is 25.1 Å². The number of methoxy groups -OCH3 is 1. The average molecular weight is 206 g/mol. The fourth-order valence-electron chi connectivity index (χ4n) is 0.927. The number of halogens is 1. The van der Waals surface area contributed by atoms with Gasteiger partial charge >= 0.3 is 0 Å². The van der Waals surface area contributed by atoms with Crippen molar-refractivity contribution in [1.29, 1.82) is 0 Å². The van der Waals surface area contributed by atoms with Crippen molar-refractivity contribution in [2.75, 3.05) is 20.3 Å². The van der Waals surface area contributed by atoms with Gasteiger partial charge in [0.1, 0.15) is 0 Å². The van der Waals surface area contributed by atoms with Crippen molar-refractivity contribution < 1.29 is 9.53 Å². The predicted molar refractivity (Wildman–Crippen MR) is 53.7 cm³/mol. The van der Waals surface area contributed by atoms with E-state index in [-0.39, 0.29) is 11.8 Å². The zero-order valence-corrected chi connectivity index (χ0v) is 8.86. The first-order valence-corrected chi connectivity index (χ1v) is 4.53. The minimum Gasteiger partial charge on any atom is -0.384 e. The second-order valence-corrected chi connectivity index (χ2v) is 3.59. The number of amides is 1. The van der Waals surface area contributed by atoms with E-state index in [9.17, 15) is 4.79 Å². The molecule has 0 fully saturated rings. The highest BCUT2D eigenvalue weighted by molar-refractivity contribution is 6.29. The Morgan fingerprint density at radius 3 is 2.77 bits per heavy atom. The van der Waals surface area contributed by atoms with Crippen LogP contribution >= 0.6 is 11.6 Å². The molecular weight excluding hydrogens is 190 g/mol. The summed E-state index contributed by atoms with van der Waals surface area (Å²) in [5.41, 5.74) is 0. The van der Waals surface area contributed by atoms with E-state index in [0.717, 1.165) is 0 Å². The SMILES string of the molecule is C=C(Cl)CNC(=O)CC(C)COC. The van der Waals surface area contributed by atoms with E-state index < -0.39 is 0 Å². The van der Waals surface area contributed by atoms with Crippen LogP contribution in [0.25, 0.3) is 0 Å². The molecule has 3 nitrogen and oxygen atoms in total. The maximum absolute atomic E-state index is 11.2. The lowest BCUT2D eigenvalue weighted by atomic mass is 10.1. The van der Waals surface area contributed by atoms with Crippen LogP contribution in [0.2, 0.25) is 0 Å². The van der Waals surface area contributed by atoms with Crippen molar-refractivity contribution in [3.63, 3.8) is 0 Å². The van der Waals surface area contributed by atoms with Crippen LogP contribution in [0.5, 0.6) is 0 Å². The molecule has 0 aliphatic carbocycles. The average Bonchev–Trinajstić information content (AvgIpc) is 2.01. The van der Waals surface area contributed by atoms with Gasteiger partial charge in [0, 0.05) is 25.2 Å². The molecule has 0 heterocycles. The monoisotopic (exact) mass is 205 g/mol. The van der Waals surface area contributed by atoms with E-state index in [0.29, 0.717) is 24.6 Å². The van der Waals surface area contributed by atoms with Crippen LogP contribution in [0, 0.1) is 5.92 Å². The van der Waals surface area contributed by atoms with E-state index in [1.807, 2.05) is 6.92 Å². The van der Waals surface area contributed by atoms with Gasteiger partial charge in [-0.05, 0) is 5.92 Å². The summed E-state index contributed by atoms with van der Waals surface area (Å²) in [5.74, 6) is 0.208. The van der Waals surface area contributed by atoms with Crippen LogP contribution in [-0.4, -0.2) is 26.2 Å². The van der Waals surface area contributed by atoms with Gasteiger partial charge in [0.05, 0.1) is 6.54 Å². The van der Waals surface area contributed by atoms with Crippen LogP contribution in [0.1, 0.15) is 13.3 Å². The van der Waals surface area contributed by atoms with Crippen LogP contribution in [0.3, 0.4) is 0 Å². The van der Waals surface area contributed by atoms with Crippen molar-refractivity contribution in [3.8, 4) is 0 Å². The summed E-state index contributed by atoms with van der Waals surface area (Å²) in [6.45, 7) is 6.35. The van der Waals surface area contributed by atoms with Crippen LogP contribution in [-0.2, 0) is 9.53 Å². The second-order valence-electron chi connectivity index (χ2n) is 3.06. The van der Waals surface area contributed by atoms with Crippen LogP contribution in [0.15, 0.2) is 11.6 Å². The maximum Gasteiger partial charge on any atom is 0.220 e. The lowest BCUT2D eigenvalue weighted by Crippen LogP contribution is -2.26. The summed E-state index contributed by atoms with van der Waals surface area (Å²) < 4.78 is 4.91. The molecule has 0 rings (SSSR count). The van der Waals surface area contributed by atoms with Crippen molar-refractivity contribution >= 4 is 17.5 Å². The first-order chi connectivity index (χ1) is 6.06. The third-order valence-corrected chi connectivity index (χ3v) is 1.60. The normalized spacial score (nSPS) is 12.2. The second kappa shape index (κ2) is 6.92. The minimum absolute atomic E-state index is 0.0219. The summed E-state index contributed by atoms with van der Waals surface area (Å²) in [6, 6.07) is 0. The molecule has 0 aromatic carbocycles. The number of carbonyl (C=O) groups excluding carboxylic acids is 1. The number of rotatable bonds is 6. The van der Waals surface area contributed by atoms with Gasteiger partial charge < -0.3 is 10.1 Å². The Hall–Kier alpha value is -0.540. The van der Waals surface area contributed by atoms with Crippen molar-refractivity contribution in [2.45, 2.75) is 13.3 Å². The van der Waals surface area contributed by atoms with E-state index in [1.54, 1.807) is 7.11 Å². The smallest absolute Gasteiger partial charge is 0.220 e. The number of nitrogens with one attached hydrogen (secondary N) is 1. The summed E-state index contributed by atoms with van der Waals surface area (Å²) >= 11 is 5.49. The first kappa shape index (κ1) is 12.5. The van der Waals surface area contributed by atoms with Crippen LogP contribution in [0.4, 0.5) is 0 Å². The molecule has 13 heavy (non-hydrogen) atoms. The summed E-state index contributed by atoms with van der Waals surface area (Å²) in [7, 11) is 1.62. The Morgan fingerprint density at radius 2 is 2.31 bits per heavy atom. The van der Waals surface area contributed by atoms with Crippen molar-refractivity contribution in [1.82, 2.24) is 5.32 Å². The lowest BCUT2D eigenvalue weighted by molar-refractivity contribution is -0.122. The highest BCUT2D eigenvalue weighted by Crippen LogP contribution is 2.01. The Morgan fingerprint density at radius 1 is 1.69 bits per heavy atom. The summed E-state index contributed by atoms with van der Waals surface area (Å²) in [5, 5.41) is 3.08. The lowest BCUT2D eigenvalue weighted by Gasteiger charge is -2.09. The number of hydrogen-bond acceptors (Lipinski definition) is 2. The zero-order valence-electron chi connectivity index (χ0n) is 8.10.